The maximum absolute atomic E-state index is 4.66. The van der Waals surface area contributed by atoms with Gasteiger partial charge in [-0.2, -0.15) is 5.10 Å². The van der Waals surface area contributed by atoms with Gasteiger partial charge < -0.3 is 5.32 Å². The zero-order chi connectivity index (χ0) is 15.0. The summed E-state index contributed by atoms with van der Waals surface area (Å²) in [6, 6.07) is 10.7. The molecule has 0 bridgehead atoms. The van der Waals surface area contributed by atoms with Gasteiger partial charge in [0.05, 0.1) is 4.88 Å². The SMILES string of the molecule is Cn1cc(CNC(C)(C)C)c(-c2cc3ccccc3s2)n1. The van der Waals surface area contributed by atoms with Crippen LogP contribution in [-0.4, -0.2) is 15.3 Å². The fourth-order valence-electron chi connectivity index (χ4n) is 2.33. The molecule has 3 rings (SSSR count). The molecule has 0 radical (unpaired) electrons. The van der Waals surface area contributed by atoms with Gasteiger partial charge >= 0.3 is 0 Å². The third-order valence-corrected chi connectivity index (χ3v) is 4.50. The molecule has 0 aliphatic carbocycles. The molecule has 0 spiro atoms. The van der Waals surface area contributed by atoms with E-state index in [-0.39, 0.29) is 5.54 Å². The first kappa shape index (κ1) is 14.3. The van der Waals surface area contributed by atoms with Crippen molar-refractivity contribution in [3.8, 4) is 10.6 Å². The molecular formula is C17H21N3S. The smallest absolute Gasteiger partial charge is 0.107 e. The van der Waals surface area contributed by atoms with E-state index in [4.69, 9.17) is 0 Å². The van der Waals surface area contributed by atoms with Crippen LogP contribution >= 0.6 is 11.3 Å². The lowest BCUT2D eigenvalue weighted by molar-refractivity contribution is 0.424. The number of aryl methyl sites for hydroxylation is 1. The van der Waals surface area contributed by atoms with Crippen molar-refractivity contribution in [3.05, 3.63) is 42.1 Å². The highest BCUT2D eigenvalue weighted by Gasteiger charge is 2.15. The molecule has 4 heteroatoms. The van der Waals surface area contributed by atoms with Gasteiger partial charge in [-0.15, -0.1) is 11.3 Å². The number of hydrogen-bond acceptors (Lipinski definition) is 3. The Morgan fingerprint density at radius 1 is 1.24 bits per heavy atom. The highest BCUT2D eigenvalue weighted by atomic mass is 32.1. The molecule has 1 N–H and O–H groups in total. The fourth-order valence-corrected chi connectivity index (χ4v) is 3.42. The number of hydrogen-bond donors (Lipinski definition) is 1. The summed E-state index contributed by atoms with van der Waals surface area (Å²) in [5.41, 5.74) is 2.45. The van der Waals surface area contributed by atoms with E-state index < -0.39 is 0 Å². The molecule has 110 valence electrons. The summed E-state index contributed by atoms with van der Waals surface area (Å²) in [5, 5.41) is 9.50. The van der Waals surface area contributed by atoms with Crippen LogP contribution in [0.15, 0.2) is 36.5 Å². The monoisotopic (exact) mass is 299 g/mol. The molecule has 3 aromatic rings. The summed E-state index contributed by atoms with van der Waals surface area (Å²) in [6.45, 7) is 7.38. The molecule has 1 aromatic carbocycles. The minimum atomic E-state index is 0.104. The van der Waals surface area contributed by atoms with Gasteiger partial charge in [0.25, 0.3) is 0 Å². The topological polar surface area (TPSA) is 29.9 Å². The zero-order valence-corrected chi connectivity index (χ0v) is 13.8. The maximum Gasteiger partial charge on any atom is 0.107 e. The lowest BCUT2D eigenvalue weighted by atomic mass is 10.1. The maximum atomic E-state index is 4.66. The standard InChI is InChI=1S/C17H21N3S/c1-17(2,3)18-10-13-11-20(4)19-16(13)15-9-12-7-5-6-8-14(12)21-15/h5-9,11,18H,10H2,1-4H3. The number of thiophene rings is 1. The van der Waals surface area contributed by atoms with Gasteiger partial charge in [-0.1, -0.05) is 18.2 Å². The summed E-state index contributed by atoms with van der Waals surface area (Å²) >= 11 is 1.81. The van der Waals surface area contributed by atoms with Crippen LogP contribution < -0.4 is 5.32 Å². The lowest BCUT2D eigenvalue weighted by Crippen LogP contribution is -2.35. The minimum Gasteiger partial charge on any atom is -0.308 e. The summed E-state index contributed by atoms with van der Waals surface area (Å²) in [7, 11) is 1.98. The summed E-state index contributed by atoms with van der Waals surface area (Å²) in [6.07, 6.45) is 2.11. The molecule has 0 saturated heterocycles. The van der Waals surface area contributed by atoms with Crippen LogP contribution in [0.5, 0.6) is 0 Å². The normalized spacial score (nSPS) is 12.2. The molecule has 0 atom stereocenters. The Kier molecular flexibility index (Phi) is 3.59. The Balaban J connectivity index is 1.97. The van der Waals surface area contributed by atoms with Crippen molar-refractivity contribution >= 4 is 21.4 Å². The second-order valence-electron chi connectivity index (χ2n) is 6.43. The number of nitrogens with zero attached hydrogens (tertiary/aromatic N) is 2. The third-order valence-electron chi connectivity index (χ3n) is 3.37. The molecular weight excluding hydrogens is 278 g/mol. The Bertz CT molecular complexity index is 729. The second-order valence-corrected chi connectivity index (χ2v) is 7.51. The summed E-state index contributed by atoms with van der Waals surface area (Å²) in [5.74, 6) is 0. The van der Waals surface area contributed by atoms with E-state index in [1.165, 1.54) is 20.5 Å². The first-order chi connectivity index (χ1) is 9.92. The van der Waals surface area contributed by atoms with E-state index in [2.05, 4.69) is 67.7 Å². The molecule has 0 fully saturated rings. The Morgan fingerprint density at radius 2 is 2.00 bits per heavy atom. The first-order valence-corrected chi connectivity index (χ1v) is 8.00. The zero-order valence-electron chi connectivity index (χ0n) is 13.0. The quantitative estimate of drug-likeness (QED) is 0.786. The van der Waals surface area contributed by atoms with Gasteiger partial charge in [0.2, 0.25) is 0 Å². The van der Waals surface area contributed by atoms with Gasteiger partial charge in [-0.05, 0) is 38.3 Å². The second kappa shape index (κ2) is 5.28. The Morgan fingerprint density at radius 3 is 2.71 bits per heavy atom. The molecule has 0 aliphatic heterocycles. The Labute approximate surface area is 129 Å². The molecule has 3 nitrogen and oxygen atoms in total. The van der Waals surface area contributed by atoms with Crippen LogP contribution in [0.3, 0.4) is 0 Å². The van der Waals surface area contributed by atoms with E-state index in [9.17, 15) is 0 Å². The number of rotatable bonds is 3. The molecule has 0 saturated carbocycles. The van der Waals surface area contributed by atoms with E-state index in [0.717, 1.165) is 12.2 Å². The number of nitrogens with one attached hydrogen (secondary N) is 1. The summed E-state index contributed by atoms with van der Waals surface area (Å²) < 4.78 is 3.22. The third kappa shape index (κ3) is 3.17. The molecule has 2 aromatic heterocycles. The van der Waals surface area contributed by atoms with Crippen molar-refractivity contribution in [1.29, 1.82) is 0 Å². The van der Waals surface area contributed by atoms with Gasteiger partial charge in [-0.3, -0.25) is 4.68 Å². The van der Waals surface area contributed by atoms with E-state index >= 15 is 0 Å². The van der Waals surface area contributed by atoms with Gasteiger partial charge in [-0.25, -0.2) is 0 Å². The highest BCUT2D eigenvalue weighted by Crippen LogP contribution is 2.34. The predicted octanol–water partition coefficient (Wildman–Crippen LogP) is 4.19. The van der Waals surface area contributed by atoms with Crippen molar-refractivity contribution in [2.24, 2.45) is 7.05 Å². The van der Waals surface area contributed by atoms with Crippen molar-refractivity contribution in [2.75, 3.05) is 0 Å². The Hall–Kier alpha value is -1.65. The average molecular weight is 299 g/mol. The number of aromatic nitrogens is 2. The van der Waals surface area contributed by atoms with Crippen LogP contribution in [0.25, 0.3) is 20.7 Å². The highest BCUT2D eigenvalue weighted by molar-refractivity contribution is 7.22. The minimum absolute atomic E-state index is 0.104. The number of benzene rings is 1. The van der Waals surface area contributed by atoms with E-state index in [1.54, 1.807) is 0 Å². The first-order valence-electron chi connectivity index (χ1n) is 7.19. The molecule has 2 heterocycles. The van der Waals surface area contributed by atoms with Crippen LogP contribution in [0.1, 0.15) is 26.3 Å². The van der Waals surface area contributed by atoms with Gasteiger partial charge in [0.15, 0.2) is 0 Å². The van der Waals surface area contributed by atoms with Crippen molar-refractivity contribution in [3.63, 3.8) is 0 Å². The van der Waals surface area contributed by atoms with Crippen molar-refractivity contribution < 1.29 is 0 Å². The van der Waals surface area contributed by atoms with Crippen LogP contribution in [0.4, 0.5) is 0 Å². The van der Waals surface area contributed by atoms with Crippen LogP contribution in [-0.2, 0) is 13.6 Å². The van der Waals surface area contributed by atoms with Crippen LogP contribution in [0, 0.1) is 0 Å². The number of fused-ring (bicyclic) bond motifs is 1. The van der Waals surface area contributed by atoms with Crippen molar-refractivity contribution in [1.82, 2.24) is 15.1 Å². The molecule has 0 amide bonds. The molecule has 0 aliphatic rings. The molecule has 0 unspecified atom stereocenters. The van der Waals surface area contributed by atoms with Crippen molar-refractivity contribution in [2.45, 2.75) is 32.9 Å². The largest absolute Gasteiger partial charge is 0.308 e. The van der Waals surface area contributed by atoms with E-state index in [0.29, 0.717) is 0 Å². The summed E-state index contributed by atoms with van der Waals surface area (Å²) in [4.78, 5) is 1.24. The van der Waals surface area contributed by atoms with Gasteiger partial charge in [0, 0.05) is 35.6 Å². The fraction of sp³-hybridized carbons (Fsp3) is 0.353. The van der Waals surface area contributed by atoms with Crippen LogP contribution in [0.2, 0.25) is 0 Å². The van der Waals surface area contributed by atoms with Gasteiger partial charge in [0.1, 0.15) is 5.69 Å². The average Bonchev–Trinajstić information content (AvgIpc) is 2.98. The van der Waals surface area contributed by atoms with E-state index in [1.807, 2.05) is 23.1 Å². The predicted molar refractivity (Wildman–Crippen MR) is 90.6 cm³/mol. The molecule has 21 heavy (non-hydrogen) atoms. The lowest BCUT2D eigenvalue weighted by Gasteiger charge is -2.20.